The second-order valence-electron chi connectivity index (χ2n) is 6.09. The lowest BCUT2D eigenvalue weighted by molar-refractivity contribution is -0.151. The monoisotopic (exact) mass is 346 g/mol. The van der Waals surface area contributed by atoms with Crippen LogP contribution in [0.4, 0.5) is 4.79 Å². The molecule has 1 aromatic carbocycles. The Morgan fingerprint density at radius 1 is 1.40 bits per heavy atom. The molecule has 2 N–H and O–H groups in total. The summed E-state index contributed by atoms with van der Waals surface area (Å²) in [6, 6.07) is 6.21. The van der Waals surface area contributed by atoms with Gasteiger partial charge in [0.25, 0.3) is 0 Å². The second kappa shape index (κ2) is 7.57. The van der Waals surface area contributed by atoms with E-state index in [-0.39, 0.29) is 12.7 Å². The van der Waals surface area contributed by atoms with Crippen molar-refractivity contribution in [1.29, 1.82) is 0 Å². The Bertz CT molecular complexity index is 669. The molecule has 0 spiro atoms. The van der Waals surface area contributed by atoms with Gasteiger partial charge in [-0.2, -0.15) is 0 Å². The fourth-order valence-corrected chi connectivity index (χ4v) is 3.19. The summed E-state index contributed by atoms with van der Waals surface area (Å²) in [5.41, 5.74) is 0.997. The van der Waals surface area contributed by atoms with Crippen molar-refractivity contribution in [2.45, 2.75) is 25.0 Å². The Labute approximate surface area is 146 Å². The number of amides is 2. The van der Waals surface area contributed by atoms with Crippen LogP contribution in [0.15, 0.2) is 36.5 Å². The maximum absolute atomic E-state index is 12.7. The first-order chi connectivity index (χ1) is 12.1. The van der Waals surface area contributed by atoms with Crippen LogP contribution in [-0.2, 0) is 14.3 Å². The van der Waals surface area contributed by atoms with E-state index in [9.17, 15) is 9.59 Å². The third-order valence-electron chi connectivity index (χ3n) is 4.43. The molecule has 2 aliphatic rings. The van der Waals surface area contributed by atoms with E-state index in [0.29, 0.717) is 23.6 Å². The van der Waals surface area contributed by atoms with E-state index in [2.05, 4.69) is 17.2 Å². The van der Waals surface area contributed by atoms with Crippen LogP contribution < -0.4 is 15.4 Å². The SMILES string of the molecule is C=C1NC(=O)NC(c2ccccc2OC)C1C(=O)OCC1CCCO1. The molecule has 2 amide bonds. The number of hydrogen-bond acceptors (Lipinski definition) is 5. The van der Waals surface area contributed by atoms with Crippen molar-refractivity contribution in [3.63, 3.8) is 0 Å². The summed E-state index contributed by atoms with van der Waals surface area (Å²) in [6.07, 6.45) is 1.79. The number of esters is 1. The van der Waals surface area contributed by atoms with E-state index in [0.717, 1.165) is 12.8 Å². The normalized spacial score (nSPS) is 25.9. The predicted octanol–water partition coefficient (Wildman–Crippen LogP) is 1.90. The van der Waals surface area contributed by atoms with Crippen molar-refractivity contribution < 1.29 is 23.8 Å². The highest BCUT2D eigenvalue weighted by molar-refractivity contribution is 5.85. The molecule has 0 aliphatic carbocycles. The van der Waals surface area contributed by atoms with Gasteiger partial charge < -0.3 is 24.8 Å². The van der Waals surface area contributed by atoms with Crippen LogP contribution >= 0.6 is 0 Å². The molecule has 134 valence electrons. The summed E-state index contributed by atoms with van der Waals surface area (Å²) in [5.74, 6) is -0.626. The highest BCUT2D eigenvalue weighted by Crippen LogP contribution is 2.35. The molecule has 2 heterocycles. The van der Waals surface area contributed by atoms with Gasteiger partial charge in [-0.05, 0) is 18.9 Å². The second-order valence-corrected chi connectivity index (χ2v) is 6.09. The Hall–Kier alpha value is -2.54. The van der Waals surface area contributed by atoms with Crippen LogP contribution in [0.2, 0.25) is 0 Å². The molecule has 0 bridgehead atoms. The summed E-state index contributed by atoms with van der Waals surface area (Å²) in [4.78, 5) is 24.6. The smallest absolute Gasteiger partial charge is 0.319 e. The first kappa shape index (κ1) is 17.3. The van der Waals surface area contributed by atoms with Gasteiger partial charge in [-0.15, -0.1) is 0 Å². The summed E-state index contributed by atoms with van der Waals surface area (Å²) < 4.78 is 16.3. The molecule has 0 aromatic heterocycles. The molecule has 0 saturated carbocycles. The maximum Gasteiger partial charge on any atom is 0.319 e. The Kier molecular flexibility index (Phi) is 5.23. The topological polar surface area (TPSA) is 85.9 Å². The molecule has 2 saturated heterocycles. The average Bonchev–Trinajstić information content (AvgIpc) is 3.12. The summed E-state index contributed by atoms with van der Waals surface area (Å²) >= 11 is 0. The first-order valence-electron chi connectivity index (χ1n) is 8.27. The fraction of sp³-hybridized carbons (Fsp3) is 0.444. The van der Waals surface area contributed by atoms with Gasteiger partial charge in [-0.25, -0.2) is 4.79 Å². The number of carbonyl (C=O) groups is 2. The van der Waals surface area contributed by atoms with Crippen molar-refractivity contribution in [1.82, 2.24) is 10.6 Å². The van der Waals surface area contributed by atoms with Crippen LogP contribution in [-0.4, -0.2) is 38.4 Å². The van der Waals surface area contributed by atoms with Crippen molar-refractivity contribution in [3.8, 4) is 5.75 Å². The lowest BCUT2D eigenvalue weighted by Gasteiger charge is -2.34. The molecule has 2 fully saturated rings. The third-order valence-corrected chi connectivity index (χ3v) is 4.43. The summed E-state index contributed by atoms with van der Waals surface area (Å²) in [5, 5.41) is 5.33. The molecule has 3 unspecified atom stereocenters. The van der Waals surface area contributed by atoms with Crippen LogP contribution in [0.3, 0.4) is 0 Å². The van der Waals surface area contributed by atoms with Crippen molar-refractivity contribution >= 4 is 12.0 Å². The van der Waals surface area contributed by atoms with Gasteiger partial charge in [0, 0.05) is 17.9 Å². The Morgan fingerprint density at radius 2 is 2.20 bits per heavy atom. The molecular weight excluding hydrogens is 324 g/mol. The largest absolute Gasteiger partial charge is 0.496 e. The number of rotatable bonds is 5. The molecule has 3 rings (SSSR count). The van der Waals surface area contributed by atoms with Crippen molar-refractivity contribution in [3.05, 3.63) is 42.1 Å². The minimum atomic E-state index is -0.754. The average molecular weight is 346 g/mol. The summed E-state index contributed by atoms with van der Waals surface area (Å²) in [7, 11) is 1.54. The first-order valence-corrected chi connectivity index (χ1v) is 8.27. The number of methoxy groups -OCH3 is 1. The van der Waals surface area contributed by atoms with E-state index in [1.807, 2.05) is 18.2 Å². The highest BCUT2D eigenvalue weighted by atomic mass is 16.6. The standard InChI is InChI=1S/C18H22N2O5/c1-11-15(17(21)25-10-12-6-5-9-24-12)16(20-18(22)19-11)13-7-3-4-8-14(13)23-2/h3-4,7-8,12,15-16H,1,5-6,9-10H2,2H3,(H2,19,20,22). The zero-order valence-electron chi connectivity index (χ0n) is 14.1. The van der Waals surface area contributed by atoms with Crippen molar-refractivity contribution in [2.24, 2.45) is 5.92 Å². The van der Waals surface area contributed by atoms with Crippen LogP contribution in [0.1, 0.15) is 24.4 Å². The molecule has 7 nitrogen and oxygen atoms in total. The van der Waals surface area contributed by atoms with E-state index in [1.54, 1.807) is 13.2 Å². The van der Waals surface area contributed by atoms with Crippen molar-refractivity contribution in [2.75, 3.05) is 20.3 Å². The number of benzene rings is 1. The quantitative estimate of drug-likeness (QED) is 0.796. The van der Waals surface area contributed by atoms with E-state index in [4.69, 9.17) is 14.2 Å². The van der Waals surface area contributed by atoms with E-state index in [1.165, 1.54) is 0 Å². The van der Waals surface area contributed by atoms with E-state index >= 15 is 0 Å². The molecule has 1 aromatic rings. The van der Waals surface area contributed by atoms with Gasteiger partial charge in [-0.1, -0.05) is 24.8 Å². The molecular formula is C18H22N2O5. The minimum absolute atomic E-state index is 0.0620. The van der Waals surface area contributed by atoms with Gasteiger partial charge in [0.15, 0.2) is 0 Å². The number of ether oxygens (including phenoxy) is 3. The van der Waals surface area contributed by atoms with Gasteiger partial charge >= 0.3 is 12.0 Å². The Balaban J connectivity index is 1.81. The zero-order valence-corrected chi connectivity index (χ0v) is 14.1. The zero-order chi connectivity index (χ0) is 17.8. The van der Waals surface area contributed by atoms with Crippen LogP contribution in [0, 0.1) is 5.92 Å². The van der Waals surface area contributed by atoms with Crippen LogP contribution in [0.5, 0.6) is 5.75 Å². The maximum atomic E-state index is 12.7. The number of urea groups is 1. The fourth-order valence-electron chi connectivity index (χ4n) is 3.19. The molecule has 2 aliphatic heterocycles. The molecule has 7 heteroatoms. The molecule has 25 heavy (non-hydrogen) atoms. The molecule has 3 atom stereocenters. The van der Waals surface area contributed by atoms with E-state index < -0.39 is 24.0 Å². The van der Waals surface area contributed by atoms with Gasteiger partial charge in [0.05, 0.1) is 19.3 Å². The lowest BCUT2D eigenvalue weighted by atomic mass is 9.88. The minimum Gasteiger partial charge on any atom is -0.496 e. The highest BCUT2D eigenvalue weighted by Gasteiger charge is 2.40. The van der Waals surface area contributed by atoms with Gasteiger partial charge in [0.1, 0.15) is 18.3 Å². The lowest BCUT2D eigenvalue weighted by Crippen LogP contribution is -2.51. The summed E-state index contributed by atoms with van der Waals surface area (Å²) in [6.45, 7) is 4.73. The molecule has 0 radical (unpaired) electrons. The predicted molar refractivity (Wildman–Crippen MR) is 90.0 cm³/mol. The number of hydrogen-bond donors (Lipinski definition) is 2. The van der Waals surface area contributed by atoms with Crippen LogP contribution in [0.25, 0.3) is 0 Å². The number of para-hydroxylation sites is 1. The van der Waals surface area contributed by atoms with Gasteiger partial charge in [-0.3, -0.25) is 4.79 Å². The van der Waals surface area contributed by atoms with Gasteiger partial charge in [0.2, 0.25) is 0 Å². The number of nitrogens with one attached hydrogen (secondary N) is 2. The number of carbonyl (C=O) groups excluding carboxylic acids is 2. The third kappa shape index (κ3) is 3.76. The Morgan fingerprint density at radius 3 is 2.92 bits per heavy atom.